The van der Waals surface area contributed by atoms with Crippen LogP contribution in [0, 0.1) is 12.7 Å². The summed E-state index contributed by atoms with van der Waals surface area (Å²) in [7, 11) is 0. The maximum absolute atomic E-state index is 13.2. The average molecular weight is 271 g/mol. The zero-order valence-electron chi connectivity index (χ0n) is 12.2. The summed E-state index contributed by atoms with van der Waals surface area (Å²) < 4.78 is 13.2. The smallest absolute Gasteiger partial charge is 0.123 e. The Kier molecular flexibility index (Phi) is 4.56. The number of rotatable bonds is 5. The molecule has 0 aliphatic carbocycles. The van der Waals surface area contributed by atoms with Crippen LogP contribution in [0.25, 0.3) is 0 Å². The fraction of sp³-hybridized carbons (Fsp3) is 0.333. The Hall–Kier alpha value is -1.67. The fourth-order valence-corrected chi connectivity index (χ4v) is 2.55. The van der Waals surface area contributed by atoms with Gasteiger partial charge in [0.1, 0.15) is 5.82 Å². The Morgan fingerprint density at radius 2 is 1.75 bits per heavy atom. The van der Waals surface area contributed by atoms with Crippen LogP contribution in [0.3, 0.4) is 0 Å². The predicted molar refractivity (Wildman–Crippen MR) is 82.2 cm³/mol. The van der Waals surface area contributed by atoms with E-state index < -0.39 is 0 Å². The average Bonchev–Trinajstić information content (AvgIpc) is 2.43. The van der Waals surface area contributed by atoms with E-state index in [1.54, 1.807) is 6.07 Å². The minimum atomic E-state index is -0.288. The topological polar surface area (TPSA) is 26.0 Å². The van der Waals surface area contributed by atoms with E-state index >= 15 is 0 Å². The minimum Gasteiger partial charge on any atom is -0.325 e. The van der Waals surface area contributed by atoms with E-state index in [0.29, 0.717) is 0 Å². The summed E-state index contributed by atoms with van der Waals surface area (Å²) in [6.07, 6.45) is 2.49. The molecule has 0 aromatic heterocycles. The second-order valence-corrected chi connectivity index (χ2v) is 5.63. The van der Waals surface area contributed by atoms with Gasteiger partial charge in [-0.25, -0.2) is 4.39 Å². The standard InChI is InChI=1S/C18H22FN/c1-3-18(20,12-15-7-5-4-6-8-15)13-16-9-10-17(19)11-14(16)2/h4-11H,3,12-13,20H2,1-2H3. The van der Waals surface area contributed by atoms with Gasteiger partial charge in [0.15, 0.2) is 0 Å². The molecule has 2 rings (SSSR count). The van der Waals surface area contributed by atoms with Crippen LogP contribution in [-0.4, -0.2) is 5.54 Å². The van der Waals surface area contributed by atoms with Gasteiger partial charge in [-0.1, -0.05) is 43.3 Å². The molecule has 0 aliphatic rings. The third-order valence-electron chi connectivity index (χ3n) is 3.95. The first-order chi connectivity index (χ1) is 9.52. The molecular weight excluding hydrogens is 249 g/mol. The van der Waals surface area contributed by atoms with Gasteiger partial charge in [0.25, 0.3) is 0 Å². The third-order valence-corrected chi connectivity index (χ3v) is 3.95. The van der Waals surface area contributed by atoms with E-state index in [-0.39, 0.29) is 11.4 Å². The lowest BCUT2D eigenvalue weighted by Crippen LogP contribution is -2.43. The van der Waals surface area contributed by atoms with Crippen LogP contribution in [0.2, 0.25) is 0 Å². The van der Waals surface area contributed by atoms with Crippen LogP contribution in [0.1, 0.15) is 30.0 Å². The van der Waals surface area contributed by atoms with Gasteiger partial charge in [-0.05, 0) is 55.0 Å². The molecule has 2 aromatic rings. The number of aryl methyl sites for hydroxylation is 1. The number of hydrogen-bond donors (Lipinski definition) is 1. The van der Waals surface area contributed by atoms with Gasteiger partial charge in [0.05, 0.1) is 0 Å². The van der Waals surface area contributed by atoms with E-state index in [0.717, 1.165) is 30.4 Å². The molecule has 1 unspecified atom stereocenters. The van der Waals surface area contributed by atoms with Gasteiger partial charge in [0, 0.05) is 5.54 Å². The van der Waals surface area contributed by atoms with Crippen molar-refractivity contribution in [2.75, 3.05) is 0 Å². The fourth-order valence-electron chi connectivity index (χ4n) is 2.55. The molecule has 0 radical (unpaired) electrons. The van der Waals surface area contributed by atoms with Gasteiger partial charge in [-0.3, -0.25) is 0 Å². The van der Waals surface area contributed by atoms with Gasteiger partial charge in [-0.15, -0.1) is 0 Å². The Morgan fingerprint density at radius 3 is 2.35 bits per heavy atom. The Balaban J connectivity index is 2.18. The molecule has 1 nitrogen and oxygen atoms in total. The van der Waals surface area contributed by atoms with Crippen molar-refractivity contribution in [2.24, 2.45) is 5.73 Å². The second-order valence-electron chi connectivity index (χ2n) is 5.63. The maximum atomic E-state index is 13.2. The number of halogens is 1. The Bertz CT molecular complexity index is 565. The number of benzene rings is 2. The van der Waals surface area contributed by atoms with E-state index in [9.17, 15) is 4.39 Å². The summed E-state index contributed by atoms with van der Waals surface area (Å²) in [5, 5.41) is 0. The molecule has 0 aliphatic heterocycles. The highest BCUT2D eigenvalue weighted by molar-refractivity contribution is 5.29. The molecule has 2 heteroatoms. The summed E-state index contributed by atoms with van der Waals surface area (Å²) in [6.45, 7) is 4.05. The molecular formula is C18H22FN. The Morgan fingerprint density at radius 1 is 1.05 bits per heavy atom. The van der Waals surface area contributed by atoms with Crippen molar-refractivity contribution in [2.45, 2.75) is 38.6 Å². The second kappa shape index (κ2) is 6.19. The van der Waals surface area contributed by atoms with Crippen LogP contribution >= 0.6 is 0 Å². The largest absolute Gasteiger partial charge is 0.325 e. The highest BCUT2D eigenvalue weighted by Crippen LogP contribution is 2.22. The van der Waals surface area contributed by atoms with E-state index in [4.69, 9.17) is 5.73 Å². The molecule has 0 spiro atoms. The number of hydrogen-bond acceptors (Lipinski definition) is 1. The molecule has 2 N–H and O–H groups in total. The first-order valence-electron chi connectivity index (χ1n) is 7.10. The molecule has 106 valence electrons. The van der Waals surface area contributed by atoms with Crippen LogP contribution in [0.4, 0.5) is 4.39 Å². The van der Waals surface area contributed by atoms with Crippen molar-refractivity contribution >= 4 is 0 Å². The van der Waals surface area contributed by atoms with Crippen LogP contribution in [0.15, 0.2) is 48.5 Å². The Labute approximate surface area is 120 Å². The summed E-state index contributed by atoms with van der Waals surface area (Å²) in [6, 6.07) is 15.2. The van der Waals surface area contributed by atoms with Crippen LogP contribution in [-0.2, 0) is 12.8 Å². The highest BCUT2D eigenvalue weighted by Gasteiger charge is 2.24. The minimum absolute atomic E-state index is 0.187. The number of nitrogens with two attached hydrogens (primary N) is 1. The summed E-state index contributed by atoms with van der Waals surface area (Å²) in [4.78, 5) is 0. The zero-order chi connectivity index (χ0) is 14.6. The monoisotopic (exact) mass is 271 g/mol. The van der Waals surface area contributed by atoms with Gasteiger partial charge >= 0.3 is 0 Å². The van der Waals surface area contributed by atoms with Crippen molar-refractivity contribution < 1.29 is 4.39 Å². The van der Waals surface area contributed by atoms with Crippen molar-refractivity contribution in [3.05, 3.63) is 71.0 Å². The van der Waals surface area contributed by atoms with Crippen molar-refractivity contribution in [1.29, 1.82) is 0 Å². The van der Waals surface area contributed by atoms with Crippen LogP contribution < -0.4 is 5.73 Å². The molecule has 0 amide bonds. The molecule has 20 heavy (non-hydrogen) atoms. The van der Waals surface area contributed by atoms with Crippen molar-refractivity contribution in [1.82, 2.24) is 0 Å². The van der Waals surface area contributed by atoms with E-state index in [2.05, 4.69) is 19.1 Å². The lowest BCUT2D eigenvalue weighted by Gasteiger charge is -2.29. The first-order valence-corrected chi connectivity index (χ1v) is 7.10. The van der Waals surface area contributed by atoms with Gasteiger partial charge in [-0.2, -0.15) is 0 Å². The summed E-state index contributed by atoms with van der Waals surface area (Å²) in [5.41, 5.74) is 9.64. The zero-order valence-corrected chi connectivity index (χ0v) is 12.2. The molecule has 0 saturated heterocycles. The first kappa shape index (κ1) is 14.7. The molecule has 0 saturated carbocycles. The lowest BCUT2D eigenvalue weighted by molar-refractivity contribution is 0.403. The summed E-state index contributed by atoms with van der Waals surface area (Å²) >= 11 is 0. The molecule has 0 fully saturated rings. The van der Waals surface area contributed by atoms with Crippen molar-refractivity contribution in [3.8, 4) is 0 Å². The predicted octanol–water partition coefficient (Wildman–Crippen LogP) is 4.03. The van der Waals surface area contributed by atoms with E-state index in [1.165, 1.54) is 11.6 Å². The van der Waals surface area contributed by atoms with E-state index in [1.807, 2.05) is 31.2 Å². The molecule has 2 aromatic carbocycles. The van der Waals surface area contributed by atoms with Gasteiger partial charge < -0.3 is 5.73 Å². The van der Waals surface area contributed by atoms with Gasteiger partial charge in [0.2, 0.25) is 0 Å². The maximum Gasteiger partial charge on any atom is 0.123 e. The normalized spacial score (nSPS) is 14.0. The lowest BCUT2D eigenvalue weighted by atomic mass is 9.82. The van der Waals surface area contributed by atoms with Crippen molar-refractivity contribution in [3.63, 3.8) is 0 Å². The van der Waals surface area contributed by atoms with Crippen LogP contribution in [0.5, 0.6) is 0 Å². The molecule has 1 atom stereocenters. The molecule has 0 heterocycles. The molecule has 0 bridgehead atoms. The third kappa shape index (κ3) is 3.67. The quantitative estimate of drug-likeness (QED) is 0.873. The summed E-state index contributed by atoms with van der Waals surface area (Å²) in [5.74, 6) is -0.187. The highest BCUT2D eigenvalue weighted by atomic mass is 19.1. The SMILES string of the molecule is CCC(N)(Cc1ccccc1)Cc1ccc(F)cc1C.